The summed E-state index contributed by atoms with van der Waals surface area (Å²) in [6.45, 7) is 4.18. The van der Waals surface area contributed by atoms with Gasteiger partial charge < -0.3 is 15.6 Å². The highest BCUT2D eigenvalue weighted by molar-refractivity contribution is 6.09. The fourth-order valence-electron chi connectivity index (χ4n) is 5.85. The van der Waals surface area contributed by atoms with Crippen LogP contribution in [-0.4, -0.2) is 25.4 Å². The van der Waals surface area contributed by atoms with Crippen LogP contribution < -0.4 is 11.1 Å². The molecule has 3 N–H and O–H groups in total. The first-order chi connectivity index (χ1) is 18.1. The normalized spacial score (nSPS) is 16.7. The van der Waals surface area contributed by atoms with Gasteiger partial charge in [-0.3, -0.25) is 9.78 Å². The fraction of sp³-hybridized carbons (Fsp3) is 0.200. The molecule has 182 valence electrons. The summed E-state index contributed by atoms with van der Waals surface area (Å²) in [6.07, 6.45) is 8.41. The standard InChI is InChI=1S/C30H26N6O/c1-2-25(37)35-24-15-36-28(22-13-18(10-11-21(22)24)17-7-5-8-17)26(27-29(31)33-16-34-30(27)36)20-12-19-6-3-4-9-23(19)32-14-20/h2-4,6,9-14,16-17,24H,1,5,7-8,15H2,(H,35,37)(H2,31,33,34). The topological polar surface area (TPSA) is 98.7 Å². The molecule has 0 radical (unpaired) electrons. The molecule has 1 unspecified atom stereocenters. The van der Waals surface area contributed by atoms with Gasteiger partial charge >= 0.3 is 0 Å². The number of rotatable bonds is 4. The number of aromatic nitrogens is 4. The van der Waals surface area contributed by atoms with Gasteiger partial charge in [0.15, 0.2) is 0 Å². The first-order valence-corrected chi connectivity index (χ1v) is 12.7. The van der Waals surface area contributed by atoms with E-state index in [1.807, 2.05) is 24.4 Å². The van der Waals surface area contributed by atoms with Gasteiger partial charge in [0, 0.05) is 34.8 Å². The quantitative estimate of drug-likeness (QED) is 0.326. The van der Waals surface area contributed by atoms with E-state index in [2.05, 4.69) is 56.8 Å². The van der Waals surface area contributed by atoms with Crippen molar-refractivity contribution in [3.8, 4) is 22.4 Å². The highest BCUT2D eigenvalue weighted by Gasteiger charge is 2.33. The molecule has 0 spiro atoms. The molecule has 1 aliphatic carbocycles. The summed E-state index contributed by atoms with van der Waals surface area (Å²) in [5, 5.41) is 4.99. The van der Waals surface area contributed by atoms with Crippen molar-refractivity contribution in [1.29, 1.82) is 0 Å². The molecule has 2 aromatic carbocycles. The summed E-state index contributed by atoms with van der Waals surface area (Å²) in [4.78, 5) is 26.2. The largest absolute Gasteiger partial charge is 0.383 e. The van der Waals surface area contributed by atoms with Crippen molar-refractivity contribution < 1.29 is 4.79 Å². The Kier molecular flexibility index (Phi) is 4.86. The Morgan fingerprint density at radius 1 is 1.11 bits per heavy atom. The lowest BCUT2D eigenvalue weighted by atomic mass is 9.78. The van der Waals surface area contributed by atoms with Crippen molar-refractivity contribution >= 4 is 33.7 Å². The molecule has 7 heteroatoms. The number of carbonyl (C=O) groups is 1. The minimum absolute atomic E-state index is 0.202. The van der Waals surface area contributed by atoms with E-state index in [1.54, 1.807) is 0 Å². The van der Waals surface area contributed by atoms with Gasteiger partial charge in [0.2, 0.25) is 5.91 Å². The summed E-state index contributed by atoms with van der Waals surface area (Å²) in [7, 11) is 0. The van der Waals surface area contributed by atoms with Crippen LogP contribution in [0.2, 0.25) is 0 Å². The number of pyridine rings is 1. The maximum Gasteiger partial charge on any atom is 0.243 e. The second kappa shape index (κ2) is 8.27. The zero-order valence-corrected chi connectivity index (χ0v) is 20.3. The number of anilines is 1. The third kappa shape index (κ3) is 3.34. The Balaban J connectivity index is 1.54. The molecule has 1 atom stereocenters. The SMILES string of the molecule is C=CC(=O)NC1Cn2c(c(-c3cnc4ccccc4c3)c3c(N)ncnc32)-c2cc(C3CCC3)ccc21. The number of benzene rings is 2. The second-order valence-corrected chi connectivity index (χ2v) is 9.95. The fourth-order valence-corrected chi connectivity index (χ4v) is 5.85. The average molecular weight is 487 g/mol. The Hall–Kier alpha value is -4.52. The lowest BCUT2D eigenvalue weighted by Gasteiger charge is -2.32. The van der Waals surface area contributed by atoms with Crippen molar-refractivity contribution in [2.45, 2.75) is 37.8 Å². The molecule has 4 heterocycles. The summed E-state index contributed by atoms with van der Waals surface area (Å²) < 4.78 is 2.18. The number of amides is 1. The smallest absolute Gasteiger partial charge is 0.243 e. The molecule has 7 rings (SSSR count). The number of nitrogens with two attached hydrogens (primary N) is 1. The van der Waals surface area contributed by atoms with Gasteiger partial charge in [-0.25, -0.2) is 9.97 Å². The third-order valence-electron chi connectivity index (χ3n) is 7.90. The lowest BCUT2D eigenvalue weighted by Crippen LogP contribution is -2.33. The number of hydrogen-bond acceptors (Lipinski definition) is 5. The van der Waals surface area contributed by atoms with Gasteiger partial charge in [-0.1, -0.05) is 43.3 Å². The molecule has 0 bridgehead atoms. The monoisotopic (exact) mass is 486 g/mol. The number of nitrogens with one attached hydrogen (secondary N) is 1. The van der Waals surface area contributed by atoms with E-state index in [-0.39, 0.29) is 11.9 Å². The summed E-state index contributed by atoms with van der Waals surface area (Å²) in [5.41, 5.74) is 14.7. The molecule has 5 aromatic rings. The van der Waals surface area contributed by atoms with E-state index in [4.69, 9.17) is 10.7 Å². The first-order valence-electron chi connectivity index (χ1n) is 12.7. The van der Waals surface area contributed by atoms with Crippen LogP contribution in [0.5, 0.6) is 0 Å². The van der Waals surface area contributed by atoms with Gasteiger partial charge in [0.05, 0.1) is 22.6 Å². The molecule has 1 aliphatic heterocycles. The minimum atomic E-state index is -0.224. The molecular formula is C30H26N6O. The van der Waals surface area contributed by atoms with Crippen molar-refractivity contribution in [1.82, 2.24) is 24.8 Å². The maximum atomic E-state index is 12.4. The summed E-state index contributed by atoms with van der Waals surface area (Å²) >= 11 is 0. The van der Waals surface area contributed by atoms with Gasteiger partial charge in [0.25, 0.3) is 0 Å². The van der Waals surface area contributed by atoms with Crippen LogP contribution in [0.1, 0.15) is 42.3 Å². The Morgan fingerprint density at radius 3 is 2.78 bits per heavy atom. The minimum Gasteiger partial charge on any atom is -0.383 e. The van der Waals surface area contributed by atoms with Crippen LogP contribution in [-0.2, 0) is 11.3 Å². The predicted molar refractivity (Wildman–Crippen MR) is 146 cm³/mol. The molecule has 1 saturated carbocycles. The van der Waals surface area contributed by atoms with Gasteiger partial charge in [-0.2, -0.15) is 0 Å². The van der Waals surface area contributed by atoms with Crippen LogP contribution in [0, 0.1) is 0 Å². The van der Waals surface area contributed by atoms with Crippen molar-refractivity contribution in [3.05, 3.63) is 84.8 Å². The molecule has 37 heavy (non-hydrogen) atoms. The van der Waals surface area contributed by atoms with Crippen molar-refractivity contribution in [3.63, 3.8) is 0 Å². The number of hydrogen-bond donors (Lipinski definition) is 2. The number of para-hydroxylation sites is 1. The number of carbonyl (C=O) groups excluding carboxylic acids is 1. The number of nitrogen functional groups attached to an aromatic ring is 1. The Labute approximate surface area is 214 Å². The third-order valence-corrected chi connectivity index (χ3v) is 7.90. The van der Waals surface area contributed by atoms with E-state index in [1.165, 1.54) is 37.2 Å². The zero-order valence-electron chi connectivity index (χ0n) is 20.3. The number of nitrogens with zero attached hydrogens (tertiary/aromatic N) is 4. The molecular weight excluding hydrogens is 460 g/mol. The molecule has 2 aliphatic rings. The van der Waals surface area contributed by atoms with E-state index >= 15 is 0 Å². The van der Waals surface area contributed by atoms with Gasteiger partial charge in [0.1, 0.15) is 17.8 Å². The van der Waals surface area contributed by atoms with Gasteiger partial charge in [-0.15, -0.1) is 0 Å². The highest BCUT2D eigenvalue weighted by Crippen LogP contribution is 2.49. The second-order valence-electron chi connectivity index (χ2n) is 9.95. The zero-order chi connectivity index (χ0) is 25.1. The van der Waals surface area contributed by atoms with Gasteiger partial charge in [-0.05, 0) is 54.2 Å². The highest BCUT2D eigenvalue weighted by atomic mass is 16.1. The van der Waals surface area contributed by atoms with E-state index in [9.17, 15) is 4.79 Å². The Bertz CT molecular complexity index is 1730. The van der Waals surface area contributed by atoms with Crippen molar-refractivity contribution in [2.75, 3.05) is 5.73 Å². The van der Waals surface area contributed by atoms with Crippen LogP contribution in [0.3, 0.4) is 0 Å². The lowest BCUT2D eigenvalue weighted by molar-refractivity contribution is -0.117. The molecule has 1 amide bonds. The van der Waals surface area contributed by atoms with E-state index in [0.29, 0.717) is 18.3 Å². The summed E-state index contributed by atoms with van der Waals surface area (Å²) in [6, 6.07) is 16.7. The van der Waals surface area contributed by atoms with Crippen LogP contribution >= 0.6 is 0 Å². The molecule has 7 nitrogen and oxygen atoms in total. The van der Waals surface area contributed by atoms with Crippen LogP contribution in [0.15, 0.2) is 73.7 Å². The van der Waals surface area contributed by atoms with Crippen molar-refractivity contribution in [2.24, 2.45) is 0 Å². The van der Waals surface area contributed by atoms with E-state index in [0.717, 1.165) is 49.9 Å². The van der Waals surface area contributed by atoms with E-state index < -0.39 is 0 Å². The average Bonchev–Trinajstić information content (AvgIpc) is 3.23. The predicted octanol–water partition coefficient (Wildman–Crippen LogP) is 5.52. The molecule has 3 aromatic heterocycles. The first kappa shape index (κ1) is 21.7. The number of fused-ring (bicyclic) bond motifs is 6. The van der Waals surface area contributed by atoms with Crippen LogP contribution in [0.25, 0.3) is 44.3 Å². The summed E-state index contributed by atoms with van der Waals surface area (Å²) in [5.74, 6) is 0.798. The van der Waals surface area contributed by atoms with Crippen LogP contribution in [0.4, 0.5) is 5.82 Å². The Morgan fingerprint density at radius 2 is 1.97 bits per heavy atom. The maximum absolute atomic E-state index is 12.4. The molecule has 0 saturated heterocycles. The molecule has 1 fully saturated rings.